The number of piperazine rings is 1. The van der Waals surface area contributed by atoms with E-state index in [9.17, 15) is 8.42 Å². The number of nitrogens with zero attached hydrogens (tertiary/aromatic N) is 3. The van der Waals surface area contributed by atoms with E-state index in [4.69, 9.17) is 0 Å². The van der Waals surface area contributed by atoms with Crippen LogP contribution in [0.3, 0.4) is 0 Å². The number of hydrogen-bond donors (Lipinski definition) is 1. The maximum Gasteiger partial charge on any atom is 0.244 e. The zero-order chi connectivity index (χ0) is 16.7. The Hall–Kier alpha value is -1.18. The smallest absolute Gasteiger partial charge is 0.244 e. The second kappa shape index (κ2) is 6.28. The summed E-state index contributed by atoms with van der Waals surface area (Å²) in [5.41, 5.74) is 0. The summed E-state index contributed by atoms with van der Waals surface area (Å²) < 4.78 is 27.0. The summed E-state index contributed by atoms with van der Waals surface area (Å²) in [7, 11) is -1.41. The Kier molecular flexibility index (Phi) is 4.26. The molecule has 0 atom stereocenters. The van der Waals surface area contributed by atoms with Crippen molar-refractivity contribution in [3.63, 3.8) is 0 Å². The van der Waals surface area contributed by atoms with E-state index in [0.29, 0.717) is 24.0 Å². The Morgan fingerprint density at radius 3 is 2.21 bits per heavy atom. The van der Waals surface area contributed by atoms with Crippen molar-refractivity contribution >= 4 is 15.8 Å². The average Bonchev–Trinajstić information content (AvgIpc) is 3.47. The van der Waals surface area contributed by atoms with Crippen molar-refractivity contribution in [2.75, 3.05) is 38.5 Å². The molecule has 6 nitrogen and oxygen atoms in total. The Labute approximate surface area is 144 Å². The van der Waals surface area contributed by atoms with Crippen LogP contribution in [0.5, 0.6) is 0 Å². The van der Waals surface area contributed by atoms with Crippen LogP contribution < -0.4 is 5.32 Å². The van der Waals surface area contributed by atoms with Gasteiger partial charge in [-0.25, -0.2) is 13.4 Å². The third kappa shape index (κ3) is 3.43. The molecule has 0 radical (unpaired) electrons. The number of hydrogen-bond acceptors (Lipinski definition) is 5. The van der Waals surface area contributed by atoms with Gasteiger partial charge >= 0.3 is 0 Å². The number of nitrogens with one attached hydrogen (secondary N) is 1. The van der Waals surface area contributed by atoms with Gasteiger partial charge in [-0.05, 0) is 56.7 Å². The zero-order valence-electron chi connectivity index (χ0n) is 14.2. The van der Waals surface area contributed by atoms with Gasteiger partial charge in [0.25, 0.3) is 0 Å². The molecule has 1 N–H and O–H groups in total. The van der Waals surface area contributed by atoms with Crippen LogP contribution in [0.2, 0.25) is 0 Å². The standard InChI is InChI=1S/C17H26N4O2S/c1-20-8-10-21(11-9-20)24(22,23)15-6-7-16(18-12-15)19-17(13-2-3-13)14-4-5-14/h6-7,12-14,17H,2-5,8-11H2,1H3,(H,18,19). The highest BCUT2D eigenvalue weighted by atomic mass is 32.2. The number of pyridine rings is 1. The highest BCUT2D eigenvalue weighted by Gasteiger charge is 2.41. The van der Waals surface area contributed by atoms with E-state index in [2.05, 4.69) is 15.2 Å². The van der Waals surface area contributed by atoms with E-state index in [0.717, 1.165) is 30.7 Å². The van der Waals surface area contributed by atoms with Crippen LogP contribution in [0.25, 0.3) is 0 Å². The summed E-state index contributed by atoms with van der Waals surface area (Å²) in [6, 6.07) is 4.04. The Balaban J connectivity index is 1.44. The molecule has 2 saturated carbocycles. The minimum Gasteiger partial charge on any atom is -0.367 e. The van der Waals surface area contributed by atoms with Crippen molar-refractivity contribution in [2.24, 2.45) is 11.8 Å². The van der Waals surface area contributed by atoms with E-state index >= 15 is 0 Å². The molecule has 0 spiro atoms. The largest absolute Gasteiger partial charge is 0.367 e. The molecule has 7 heteroatoms. The first-order valence-electron chi connectivity index (χ1n) is 8.95. The van der Waals surface area contributed by atoms with E-state index < -0.39 is 10.0 Å². The van der Waals surface area contributed by atoms with Crippen LogP contribution in [0.1, 0.15) is 25.7 Å². The monoisotopic (exact) mass is 350 g/mol. The maximum absolute atomic E-state index is 12.7. The first kappa shape index (κ1) is 16.3. The first-order chi connectivity index (χ1) is 11.5. The number of aromatic nitrogens is 1. The predicted molar refractivity (Wildman–Crippen MR) is 93.4 cm³/mol. The zero-order valence-corrected chi connectivity index (χ0v) is 15.0. The highest BCUT2D eigenvalue weighted by molar-refractivity contribution is 7.89. The lowest BCUT2D eigenvalue weighted by molar-refractivity contribution is 0.222. The SMILES string of the molecule is CN1CCN(S(=O)(=O)c2ccc(NC(C3CC3)C3CC3)nc2)CC1. The van der Waals surface area contributed by atoms with Crippen LogP contribution in [0.15, 0.2) is 23.2 Å². The molecule has 1 saturated heterocycles. The fourth-order valence-corrected chi connectivity index (χ4v) is 4.87. The molecule has 1 aliphatic heterocycles. The predicted octanol–water partition coefficient (Wildman–Crippen LogP) is 1.62. The lowest BCUT2D eigenvalue weighted by atomic mass is 10.1. The molecule has 132 valence electrons. The van der Waals surface area contributed by atoms with Crippen LogP contribution in [-0.2, 0) is 10.0 Å². The lowest BCUT2D eigenvalue weighted by Crippen LogP contribution is -2.47. The molecule has 0 amide bonds. The topological polar surface area (TPSA) is 65.5 Å². The van der Waals surface area contributed by atoms with Crippen LogP contribution in [0.4, 0.5) is 5.82 Å². The third-order valence-electron chi connectivity index (χ3n) is 5.41. The lowest BCUT2D eigenvalue weighted by Gasteiger charge is -2.31. The summed E-state index contributed by atoms with van der Waals surface area (Å²) in [5, 5.41) is 3.54. The molecular weight excluding hydrogens is 324 g/mol. The van der Waals surface area contributed by atoms with Gasteiger partial charge in [-0.15, -0.1) is 0 Å². The number of rotatable bonds is 6. The maximum atomic E-state index is 12.7. The van der Waals surface area contributed by atoms with Gasteiger partial charge in [0.2, 0.25) is 10.0 Å². The van der Waals surface area contributed by atoms with Gasteiger partial charge in [-0.3, -0.25) is 0 Å². The fraction of sp³-hybridized carbons (Fsp3) is 0.706. The van der Waals surface area contributed by atoms with Crippen molar-refractivity contribution in [1.82, 2.24) is 14.2 Å². The Morgan fingerprint density at radius 1 is 1.08 bits per heavy atom. The number of sulfonamides is 1. The van der Waals surface area contributed by atoms with E-state index in [-0.39, 0.29) is 0 Å². The van der Waals surface area contributed by atoms with Gasteiger partial charge in [0.1, 0.15) is 10.7 Å². The quantitative estimate of drug-likeness (QED) is 0.844. The molecule has 2 heterocycles. The van der Waals surface area contributed by atoms with E-state index in [1.807, 2.05) is 13.1 Å². The van der Waals surface area contributed by atoms with E-state index in [1.165, 1.54) is 31.9 Å². The molecule has 2 aliphatic carbocycles. The van der Waals surface area contributed by atoms with Crippen LogP contribution >= 0.6 is 0 Å². The molecule has 0 unspecified atom stereocenters. The van der Waals surface area contributed by atoms with E-state index in [1.54, 1.807) is 10.4 Å². The summed E-state index contributed by atoms with van der Waals surface area (Å²) in [6.45, 7) is 2.64. The summed E-state index contributed by atoms with van der Waals surface area (Å²) in [6.07, 6.45) is 6.75. The molecule has 3 aliphatic rings. The van der Waals surface area contributed by atoms with Crippen molar-refractivity contribution in [3.05, 3.63) is 18.3 Å². The molecule has 24 heavy (non-hydrogen) atoms. The number of anilines is 1. The first-order valence-corrected chi connectivity index (χ1v) is 10.4. The van der Waals surface area contributed by atoms with Crippen molar-refractivity contribution in [3.8, 4) is 0 Å². The van der Waals surface area contributed by atoms with Crippen molar-refractivity contribution < 1.29 is 8.42 Å². The van der Waals surface area contributed by atoms with Gasteiger partial charge < -0.3 is 10.2 Å². The summed E-state index contributed by atoms with van der Waals surface area (Å²) in [5.74, 6) is 2.37. The van der Waals surface area contributed by atoms with Gasteiger partial charge in [0, 0.05) is 38.4 Å². The summed E-state index contributed by atoms with van der Waals surface area (Å²) in [4.78, 5) is 6.83. The van der Waals surface area contributed by atoms with Crippen LogP contribution in [-0.4, -0.2) is 61.9 Å². The molecular formula is C17H26N4O2S. The minimum atomic E-state index is -3.42. The second-order valence-corrected chi connectivity index (χ2v) is 9.37. The Morgan fingerprint density at radius 2 is 1.71 bits per heavy atom. The molecule has 1 aromatic heterocycles. The van der Waals surface area contributed by atoms with Gasteiger partial charge in [0.05, 0.1) is 0 Å². The minimum absolute atomic E-state index is 0.298. The molecule has 0 bridgehead atoms. The molecule has 0 aromatic carbocycles. The molecule has 3 fully saturated rings. The number of likely N-dealkylation sites (N-methyl/N-ethyl adjacent to an activating group) is 1. The van der Waals surface area contributed by atoms with Gasteiger partial charge in [-0.1, -0.05) is 0 Å². The normalized spacial score (nSPS) is 23.6. The molecule has 4 rings (SSSR count). The Bertz CT molecular complexity index is 663. The second-order valence-electron chi connectivity index (χ2n) is 7.43. The average molecular weight is 350 g/mol. The summed E-state index contributed by atoms with van der Waals surface area (Å²) >= 11 is 0. The van der Waals surface area contributed by atoms with Crippen molar-refractivity contribution in [1.29, 1.82) is 0 Å². The van der Waals surface area contributed by atoms with Crippen molar-refractivity contribution in [2.45, 2.75) is 36.6 Å². The van der Waals surface area contributed by atoms with Gasteiger partial charge in [-0.2, -0.15) is 4.31 Å². The third-order valence-corrected chi connectivity index (χ3v) is 7.29. The highest BCUT2D eigenvalue weighted by Crippen LogP contribution is 2.45. The molecule has 1 aromatic rings. The van der Waals surface area contributed by atoms with Gasteiger partial charge in [0.15, 0.2) is 0 Å². The van der Waals surface area contributed by atoms with Crippen LogP contribution in [0, 0.1) is 11.8 Å². The fourth-order valence-electron chi connectivity index (χ4n) is 3.50.